The van der Waals surface area contributed by atoms with Crippen LogP contribution in [0.1, 0.15) is 5.56 Å². The molecule has 0 amide bonds. The van der Waals surface area contributed by atoms with Crippen LogP contribution in [-0.2, 0) is 14.1 Å². The fourth-order valence-electron chi connectivity index (χ4n) is 2.69. The van der Waals surface area contributed by atoms with Gasteiger partial charge in [0.05, 0.1) is 11.6 Å². The standard InChI is InChI=1S/C11H8ClN3.C10H8BrClN2/c1-15-7-10(12)14-11(15)9-4-2-8(6-13)3-5-9;1-14-6-9(12)13-10(14)7-2-4-8(11)5-3-7/h2-5,7H,1H3;2-6H,1H3. The van der Waals surface area contributed by atoms with Gasteiger partial charge in [-0.3, -0.25) is 0 Å². The van der Waals surface area contributed by atoms with Crippen LogP contribution in [0, 0.1) is 11.3 Å². The van der Waals surface area contributed by atoms with E-state index in [4.69, 9.17) is 28.5 Å². The SMILES string of the molecule is Cn1cc(Cl)nc1-c1ccc(Br)cc1.Cn1cc(Cl)nc1-c1ccc(C#N)cc1. The molecular weight excluding hydrogens is 473 g/mol. The smallest absolute Gasteiger partial charge is 0.147 e. The van der Waals surface area contributed by atoms with Crippen LogP contribution in [0.3, 0.4) is 0 Å². The summed E-state index contributed by atoms with van der Waals surface area (Å²) in [6.07, 6.45) is 3.54. The van der Waals surface area contributed by atoms with E-state index in [1.54, 1.807) is 24.5 Å². The Labute approximate surface area is 187 Å². The molecule has 2 aromatic carbocycles. The lowest BCUT2D eigenvalue weighted by molar-refractivity contribution is 0.925. The highest BCUT2D eigenvalue weighted by Crippen LogP contribution is 2.22. The summed E-state index contributed by atoms with van der Waals surface area (Å²) in [6, 6.07) is 17.3. The van der Waals surface area contributed by atoms with Crippen LogP contribution in [0.2, 0.25) is 10.3 Å². The summed E-state index contributed by atoms with van der Waals surface area (Å²) in [6.45, 7) is 0. The number of rotatable bonds is 2. The highest BCUT2D eigenvalue weighted by molar-refractivity contribution is 9.10. The van der Waals surface area contributed by atoms with E-state index < -0.39 is 0 Å². The van der Waals surface area contributed by atoms with Gasteiger partial charge in [-0.2, -0.15) is 5.26 Å². The van der Waals surface area contributed by atoms with E-state index in [9.17, 15) is 0 Å². The molecule has 0 bridgehead atoms. The molecule has 2 aromatic heterocycles. The Balaban J connectivity index is 0.000000166. The van der Waals surface area contributed by atoms with Gasteiger partial charge in [0.15, 0.2) is 0 Å². The third-order valence-electron chi connectivity index (χ3n) is 4.07. The zero-order valence-electron chi connectivity index (χ0n) is 15.6. The number of halogens is 3. The number of nitriles is 1. The molecule has 0 aliphatic rings. The van der Waals surface area contributed by atoms with Crippen LogP contribution in [0.15, 0.2) is 65.4 Å². The van der Waals surface area contributed by atoms with Crippen molar-refractivity contribution < 1.29 is 0 Å². The molecule has 146 valence electrons. The van der Waals surface area contributed by atoms with Gasteiger partial charge in [-0.1, -0.05) is 51.3 Å². The van der Waals surface area contributed by atoms with E-state index in [0.29, 0.717) is 15.9 Å². The predicted octanol–water partition coefficient (Wildman–Crippen LogP) is 6.12. The van der Waals surface area contributed by atoms with Gasteiger partial charge >= 0.3 is 0 Å². The molecule has 0 saturated carbocycles. The van der Waals surface area contributed by atoms with Gasteiger partial charge < -0.3 is 9.13 Å². The number of hydrogen-bond donors (Lipinski definition) is 0. The molecule has 0 N–H and O–H groups in total. The first-order valence-electron chi connectivity index (χ1n) is 8.51. The monoisotopic (exact) mass is 487 g/mol. The predicted molar refractivity (Wildman–Crippen MR) is 120 cm³/mol. The first kappa shape index (κ1) is 21.1. The second kappa shape index (κ2) is 9.27. The number of aromatic nitrogens is 4. The van der Waals surface area contributed by atoms with E-state index in [1.807, 2.05) is 59.6 Å². The van der Waals surface area contributed by atoms with Gasteiger partial charge in [-0.15, -0.1) is 0 Å². The summed E-state index contributed by atoms with van der Waals surface area (Å²) in [5.41, 5.74) is 2.64. The van der Waals surface area contributed by atoms with Gasteiger partial charge in [0.2, 0.25) is 0 Å². The number of benzene rings is 2. The Morgan fingerprint density at radius 3 is 1.55 bits per heavy atom. The minimum Gasteiger partial charge on any atom is -0.332 e. The molecule has 2 heterocycles. The minimum atomic E-state index is 0.469. The summed E-state index contributed by atoms with van der Waals surface area (Å²) in [7, 11) is 3.81. The summed E-state index contributed by atoms with van der Waals surface area (Å²) in [4.78, 5) is 8.40. The second-order valence-corrected chi connectivity index (χ2v) is 7.88. The van der Waals surface area contributed by atoms with Crippen LogP contribution in [-0.4, -0.2) is 19.1 Å². The average Bonchev–Trinajstić information content (AvgIpc) is 3.23. The Bertz CT molecular complexity index is 1160. The molecule has 0 fully saturated rings. The molecule has 5 nitrogen and oxygen atoms in total. The Morgan fingerprint density at radius 1 is 0.793 bits per heavy atom. The second-order valence-electron chi connectivity index (χ2n) is 6.19. The quantitative estimate of drug-likeness (QED) is 0.341. The van der Waals surface area contributed by atoms with Gasteiger partial charge in [0, 0.05) is 42.1 Å². The molecule has 0 spiro atoms. The topological polar surface area (TPSA) is 59.4 Å². The number of hydrogen-bond acceptors (Lipinski definition) is 3. The maximum Gasteiger partial charge on any atom is 0.147 e. The van der Waals surface area contributed by atoms with Crippen LogP contribution in [0.4, 0.5) is 0 Å². The molecule has 0 unspecified atom stereocenters. The fraction of sp³-hybridized carbons (Fsp3) is 0.0952. The highest BCUT2D eigenvalue weighted by Gasteiger charge is 2.06. The number of nitrogens with zero attached hydrogens (tertiary/aromatic N) is 5. The molecule has 4 rings (SSSR count). The van der Waals surface area contributed by atoms with Crippen molar-refractivity contribution in [3.05, 3.63) is 81.3 Å². The summed E-state index contributed by atoms with van der Waals surface area (Å²) in [5.74, 6) is 1.67. The molecular formula is C21H16BrCl2N5. The van der Waals surface area contributed by atoms with Crippen molar-refractivity contribution in [3.8, 4) is 28.8 Å². The first-order chi connectivity index (χ1) is 13.9. The molecule has 29 heavy (non-hydrogen) atoms. The van der Waals surface area contributed by atoms with Gasteiger partial charge in [-0.25, -0.2) is 9.97 Å². The molecule has 0 radical (unpaired) electrons. The fourth-order valence-corrected chi connectivity index (χ4v) is 3.41. The number of imidazole rings is 2. The van der Waals surface area contributed by atoms with Crippen molar-refractivity contribution in [3.63, 3.8) is 0 Å². The zero-order chi connectivity index (χ0) is 21.0. The van der Waals surface area contributed by atoms with E-state index in [1.165, 1.54) is 0 Å². The first-order valence-corrected chi connectivity index (χ1v) is 10.1. The lowest BCUT2D eigenvalue weighted by atomic mass is 10.1. The molecule has 0 aliphatic heterocycles. The van der Waals surface area contributed by atoms with Crippen molar-refractivity contribution in [2.75, 3.05) is 0 Å². The Kier molecular flexibility index (Phi) is 6.75. The van der Waals surface area contributed by atoms with Crippen LogP contribution < -0.4 is 0 Å². The van der Waals surface area contributed by atoms with Gasteiger partial charge in [0.1, 0.15) is 22.0 Å². The van der Waals surface area contributed by atoms with E-state index >= 15 is 0 Å². The van der Waals surface area contributed by atoms with Crippen LogP contribution in [0.25, 0.3) is 22.8 Å². The summed E-state index contributed by atoms with van der Waals surface area (Å²) >= 11 is 15.0. The van der Waals surface area contributed by atoms with E-state index in [2.05, 4.69) is 32.0 Å². The largest absolute Gasteiger partial charge is 0.332 e. The van der Waals surface area contributed by atoms with Crippen molar-refractivity contribution in [2.24, 2.45) is 14.1 Å². The molecule has 0 saturated heterocycles. The van der Waals surface area contributed by atoms with Crippen molar-refractivity contribution >= 4 is 39.1 Å². The minimum absolute atomic E-state index is 0.469. The van der Waals surface area contributed by atoms with Crippen LogP contribution in [0.5, 0.6) is 0 Å². The summed E-state index contributed by atoms with van der Waals surface area (Å²) in [5, 5.41) is 9.65. The maximum absolute atomic E-state index is 8.67. The molecule has 8 heteroatoms. The maximum atomic E-state index is 8.67. The van der Waals surface area contributed by atoms with Crippen LogP contribution >= 0.6 is 39.1 Å². The molecule has 0 aliphatic carbocycles. The molecule has 0 atom stereocenters. The average molecular weight is 489 g/mol. The Morgan fingerprint density at radius 2 is 1.21 bits per heavy atom. The van der Waals surface area contributed by atoms with Gasteiger partial charge in [0.25, 0.3) is 0 Å². The Hall–Kier alpha value is -2.59. The lowest BCUT2D eigenvalue weighted by Gasteiger charge is -2.00. The lowest BCUT2D eigenvalue weighted by Crippen LogP contribution is -1.90. The third kappa shape index (κ3) is 5.27. The highest BCUT2D eigenvalue weighted by atomic mass is 79.9. The van der Waals surface area contributed by atoms with Gasteiger partial charge in [-0.05, 0) is 36.4 Å². The summed E-state index contributed by atoms with van der Waals surface area (Å²) < 4.78 is 4.82. The van der Waals surface area contributed by atoms with Crippen molar-refractivity contribution in [1.29, 1.82) is 5.26 Å². The van der Waals surface area contributed by atoms with E-state index in [-0.39, 0.29) is 0 Å². The number of aryl methyl sites for hydroxylation is 2. The van der Waals surface area contributed by atoms with Crippen molar-refractivity contribution in [1.82, 2.24) is 19.1 Å². The third-order valence-corrected chi connectivity index (χ3v) is 4.96. The van der Waals surface area contributed by atoms with Crippen molar-refractivity contribution in [2.45, 2.75) is 0 Å². The normalized spacial score (nSPS) is 10.2. The zero-order valence-corrected chi connectivity index (χ0v) is 18.7. The van der Waals surface area contributed by atoms with E-state index in [0.717, 1.165) is 27.2 Å². The molecule has 4 aromatic rings.